The third kappa shape index (κ3) is 4.05. The number of halogens is 1. The lowest BCUT2D eigenvalue weighted by Crippen LogP contribution is -2.26. The number of rotatable bonds is 5. The van der Waals surface area contributed by atoms with E-state index in [-0.39, 0.29) is 5.56 Å². The Morgan fingerprint density at radius 2 is 1.54 bits per heavy atom. The fourth-order valence-electron chi connectivity index (χ4n) is 2.05. The molecule has 0 bridgehead atoms. The van der Waals surface area contributed by atoms with Gasteiger partial charge in [-0.15, -0.1) is 0 Å². The lowest BCUT2D eigenvalue weighted by Gasteiger charge is -2.14. The molecule has 0 heterocycles. The molecule has 124 valence electrons. The highest BCUT2D eigenvalue weighted by Gasteiger charge is 2.21. The van der Waals surface area contributed by atoms with Crippen molar-refractivity contribution in [2.24, 2.45) is 0 Å². The number of nitrogens with zero attached hydrogens (tertiary/aromatic N) is 2. The standard InChI is InChI=1S/C15H12ClN3O5/c1-9(10-2-4-12(16)5-3-10)17-15(20)11-6-13(18(21)22)8-14(7-11)19(23)24/h2-9H,1H3,(H,17,20)/t9-/m1/s1. The van der Waals surface area contributed by atoms with Crippen molar-refractivity contribution in [3.05, 3.63) is 78.8 Å². The molecule has 9 heteroatoms. The molecular formula is C15H12ClN3O5. The Labute approximate surface area is 141 Å². The SMILES string of the molecule is C[C@@H](NC(=O)c1cc([N+](=O)[O-])cc([N+](=O)[O-])c1)c1ccc(Cl)cc1. The first-order valence-corrected chi connectivity index (χ1v) is 7.16. The fourth-order valence-corrected chi connectivity index (χ4v) is 2.18. The van der Waals surface area contributed by atoms with Gasteiger partial charge in [0.2, 0.25) is 0 Å². The predicted molar refractivity (Wildman–Crippen MR) is 87.1 cm³/mol. The molecule has 0 saturated heterocycles. The third-order valence-corrected chi connectivity index (χ3v) is 3.56. The van der Waals surface area contributed by atoms with Gasteiger partial charge >= 0.3 is 0 Å². The van der Waals surface area contributed by atoms with E-state index in [0.717, 1.165) is 23.8 Å². The van der Waals surface area contributed by atoms with E-state index >= 15 is 0 Å². The maximum Gasteiger partial charge on any atom is 0.277 e. The number of nitrogens with one attached hydrogen (secondary N) is 1. The summed E-state index contributed by atoms with van der Waals surface area (Å²) in [7, 11) is 0. The van der Waals surface area contributed by atoms with E-state index in [1.165, 1.54) is 0 Å². The first-order chi connectivity index (χ1) is 11.3. The zero-order valence-corrected chi connectivity index (χ0v) is 13.2. The molecule has 2 rings (SSSR count). The lowest BCUT2D eigenvalue weighted by atomic mass is 10.1. The average Bonchev–Trinajstić information content (AvgIpc) is 2.54. The smallest absolute Gasteiger partial charge is 0.277 e. The zero-order chi connectivity index (χ0) is 17.9. The van der Waals surface area contributed by atoms with Crippen molar-refractivity contribution >= 4 is 28.9 Å². The molecule has 0 aliphatic heterocycles. The van der Waals surface area contributed by atoms with E-state index in [0.29, 0.717) is 5.02 Å². The van der Waals surface area contributed by atoms with Crippen LogP contribution in [0.2, 0.25) is 5.02 Å². The second-order valence-corrected chi connectivity index (χ2v) is 5.44. The maximum absolute atomic E-state index is 12.3. The van der Waals surface area contributed by atoms with Crippen LogP contribution in [-0.4, -0.2) is 15.8 Å². The van der Waals surface area contributed by atoms with Crippen LogP contribution in [0.1, 0.15) is 28.9 Å². The molecule has 2 aromatic carbocycles. The Bertz CT molecular complexity index is 775. The molecule has 0 spiro atoms. The predicted octanol–water partition coefficient (Wildman–Crippen LogP) is 3.65. The van der Waals surface area contributed by atoms with E-state index in [9.17, 15) is 25.0 Å². The lowest BCUT2D eigenvalue weighted by molar-refractivity contribution is -0.394. The van der Waals surface area contributed by atoms with E-state index in [4.69, 9.17) is 11.6 Å². The Morgan fingerprint density at radius 1 is 1.04 bits per heavy atom. The van der Waals surface area contributed by atoms with Crippen LogP contribution in [0, 0.1) is 20.2 Å². The highest BCUT2D eigenvalue weighted by Crippen LogP contribution is 2.23. The fraction of sp³-hybridized carbons (Fsp3) is 0.133. The molecule has 0 aliphatic carbocycles. The molecule has 0 radical (unpaired) electrons. The van der Waals surface area contributed by atoms with E-state index in [1.807, 2.05) is 0 Å². The highest BCUT2D eigenvalue weighted by molar-refractivity contribution is 6.30. The molecular weight excluding hydrogens is 338 g/mol. The van der Waals surface area contributed by atoms with Gasteiger partial charge in [0, 0.05) is 17.2 Å². The van der Waals surface area contributed by atoms with E-state index in [1.54, 1.807) is 31.2 Å². The third-order valence-electron chi connectivity index (χ3n) is 3.30. The van der Waals surface area contributed by atoms with E-state index in [2.05, 4.69) is 5.32 Å². The summed E-state index contributed by atoms with van der Waals surface area (Å²) in [5.41, 5.74) is -0.425. The summed E-state index contributed by atoms with van der Waals surface area (Å²) < 4.78 is 0. The topological polar surface area (TPSA) is 115 Å². The van der Waals surface area contributed by atoms with Gasteiger partial charge in [0.25, 0.3) is 17.3 Å². The first-order valence-electron chi connectivity index (χ1n) is 6.78. The van der Waals surface area contributed by atoms with Crippen LogP contribution < -0.4 is 5.32 Å². The quantitative estimate of drug-likeness (QED) is 0.653. The van der Waals surface area contributed by atoms with Gasteiger partial charge in [-0.05, 0) is 24.6 Å². The Morgan fingerprint density at radius 3 is 2.00 bits per heavy atom. The second-order valence-electron chi connectivity index (χ2n) is 5.00. The molecule has 1 N–H and O–H groups in total. The van der Waals surface area contributed by atoms with Crippen LogP contribution in [0.3, 0.4) is 0 Å². The van der Waals surface area contributed by atoms with Crippen LogP contribution >= 0.6 is 11.6 Å². The Balaban J connectivity index is 2.27. The summed E-state index contributed by atoms with van der Waals surface area (Å²) in [5, 5.41) is 24.9. The Hall–Kier alpha value is -3.00. The molecule has 24 heavy (non-hydrogen) atoms. The minimum absolute atomic E-state index is 0.156. The van der Waals surface area contributed by atoms with Crippen molar-refractivity contribution in [1.29, 1.82) is 0 Å². The first kappa shape index (κ1) is 17.4. The van der Waals surface area contributed by atoms with Crippen LogP contribution in [0.5, 0.6) is 0 Å². The van der Waals surface area contributed by atoms with Crippen molar-refractivity contribution in [3.8, 4) is 0 Å². The van der Waals surface area contributed by atoms with Gasteiger partial charge in [-0.25, -0.2) is 0 Å². The largest absolute Gasteiger partial charge is 0.346 e. The van der Waals surface area contributed by atoms with Crippen molar-refractivity contribution in [2.45, 2.75) is 13.0 Å². The van der Waals surface area contributed by atoms with Gasteiger partial charge in [0.15, 0.2) is 0 Å². The molecule has 0 saturated carbocycles. The molecule has 0 aromatic heterocycles. The minimum Gasteiger partial charge on any atom is -0.346 e. The monoisotopic (exact) mass is 349 g/mol. The molecule has 0 aliphatic rings. The molecule has 2 aromatic rings. The number of nitro benzene ring substituents is 2. The van der Waals surface area contributed by atoms with E-state index < -0.39 is 33.2 Å². The van der Waals surface area contributed by atoms with Crippen LogP contribution in [-0.2, 0) is 0 Å². The van der Waals surface area contributed by atoms with Gasteiger partial charge in [-0.2, -0.15) is 0 Å². The van der Waals surface area contributed by atoms with Crippen molar-refractivity contribution in [3.63, 3.8) is 0 Å². The van der Waals surface area contributed by atoms with Gasteiger partial charge in [0.1, 0.15) is 0 Å². The number of nitro groups is 2. The number of carbonyl (C=O) groups is 1. The number of hydrogen-bond donors (Lipinski definition) is 1. The van der Waals surface area contributed by atoms with Crippen molar-refractivity contribution in [1.82, 2.24) is 5.32 Å². The number of carbonyl (C=O) groups excluding carboxylic acids is 1. The molecule has 1 atom stereocenters. The average molecular weight is 350 g/mol. The van der Waals surface area contributed by atoms with Crippen LogP contribution in [0.15, 0.2) is 42.5 Å². The van der Waals surface area contributed by atoms with Gasteiger partial charge in [-0.3, -0.25) is 25.0 Å². The molecule has 1 amide bonds. The summed E-state index contributed by atoms with van der Waals surface area (Å²) in [6.07, 6.45) is 0. The summed E-state index contributed by atoms with van der Waals surface area (Å²) >= 11 is 5.80. The Kier molecular flexibility index (Phi) is 5.10. The maximum atomic E-state index is 12.3. The number of amides is 1. The zero-order valence-electron chi connectivity index (χ0n) is 12.4. The molecule has 8 nitrogen and oxygen atoms in total. The van der Waals surface area contributed by atoms with Crippen LogP contribution in [0.25, 0.3) is 0 Å². The normalized spacial score (nSPS) is 11.6. The molecule has 0 unspecified atom stereocenters. The van der Waals surface area contributed by atoms with Crippen LogP contribution in [0.4, 0.5) is 11.4 Å². The summed E-state index contributed by atoms with van der Waals surface area (Å²) in [6.45, 7) is 1.72. The van der Waals surface area contributed by atoms with Crippen molar-refractivity contribution < 1.29 is 14.6 Å². The summed E-state index contributed by atoms with van der Waals surface area (Å²) in [6, 6.07) is 9.17. The van der Waals surface area contributed by atoms with Crippen molar-refractivity contribution in [2.75, 3.05) is 0 Å². The summed E-state index contributed by atoms with van der Waals surface area (Å²) in [5.74, 6) is -0.649. The number of benzene rings is 2. The number of hydrogen-bond acceptors (Lipinski definition) is 5. The van der Waals surface area contributed by atoms with Gasteiger partial charge < -0.3 is 5.32 Å². The van der Waals surface area contributed by atoms with Gasteiger partial charge in [0.05, 0.1) is 27.5 Å². The summed E-state index contributed by atoms with van der Waals surface area (Å²) in [4.78, 5) is 32.4. The number of non-ortho nitro benzene ring substituents is 2. The molecule has 0 fully saturated rings. The van der Waals surface area contributed by atoms with Gasteiger partial charge in [-0.1, -0.05) is 23.7 Å². The second kappa shape index (κ2) is 7.05. The highest BCUT2D eigenvalue weighted by atomic mass is 35.5. The minimum atomic E-state index is -0.785.